The average molecular weight is 296 g/mol. The molecule has 1 unspecified atom stereocenters. The molecule has 1 atom stereocenters. The first-order chi connectivity index (χ1) is 10.7. The van der Waals surface area contributed by atoms with Crippen LogP contribution in [-0.4, -0.2) is 18.4 Å². The van der Waals surface area contributed by atoms with Crippen LogP contribution in [0.5, 0.6) is 5.75 Å². The van der Waals surface area contributed by atoms with Gasteiger partial charge in [-0.25, -0.2) is 0 Å². The van der Waals surface area contributed by atoms with Gasteiger partial charge in [0.2, 0.25) is 6.41 Å². The van der Waals surface area contributed by atoms with Crippen molar-refractivity contribution >= 4 is 23.7 Å². The lowest BCUT2D eigenvalue weighted by atomic mass is 10.1. The molecule has 1 N–H and O–H groups in total. The molecule has 112 valence electrons. The second kappa shape index (κ2) is 5.89. The van der Waals surface area contributed by atoms with E-state index >= 15 is 0 Å². The molecule has 1 aliphatic heterocycles. The largest absolute Gasteiger partial charge is 0.479 e. The molecular weight excluding hydrogens is 280 g/mol. The molecule has 0 fully saturated rings. The summed E-state index contributed by atoms with van der Waals surface area (Å²) in [7, 11) is 0. The molecule has 1 aliphatic rings. The van der Waals surface area contributed by atoms with Gasteiger partial charge < -0.3 is 15.0 Å². The van der Waals surface area contributed by atoms with E-state index in [4.69, 9.17) is 4.74 Å². The maximum absolute atomic E-state index is 12.4. The van der Waals surface area contributed by atoms with Gasteiger partial charge in [0.1, 0.15) is 5.75 Å². The fourth-order valence-corrected chi connectivity index (χ4v) is 2.50. The van der Waals surface area contributed by atoms with E-state index < -0.39 is 6.10 Å². The van der Waals surface area contributed by atoms with Crippen LogP contribution in [0.4, 0.5) is 11.4 Å². The van der Waals surface area contributed by atoms with Crippen molar-refractivity contribution in [3.8, 4) is 5.75 Å². The van der Waals surface area contributed by atoms with Crippen molar-refractivity contribution in [3.63, 3.8) is 0 Å². The van der Waals surface area contributed by atoms with E-state index in [2.05, 4.69) is 5.32 Å². The molecule has 0 spiro atoms. The summed E-state index contributed by atoms with van der Waals surface area (Å²) in [6.45, 7) is 2.21. The van der Waals surface area contributed by atoms with Crippen LogP contribution in [0.2, 0.25) is 0 Å². The third kappa shape index (κ3) is 2.65. The number of carbonyl (C=O) groups excluding carboxylic acids is 2. The summed E-state index contributed by atoms with van der Waals surface area (Å²) in [6, 6.07) is 15.1. The molecule has 0 radical (unpaired) electrons. The van der Waals surface area contributed by atoms with Crippen molar-refractivity contribution in [2.45, 2.75) is 19.6 Å². The number of fused-ring (bicyclic) bond motifs is 1. The summed E-state index contributed by atoms with van der Waals surface area (Å²) in [5, 5.41) is 2.58. The van der Waals surface area contributed by atoms with Crippen LogP contribution in [-0.2, 0) is 16.1 Å². The zero-order valence-electron chi connectivity index (χ0n) is 12.2. The summed E-state index contributed by atoms with van der Waals surface area (Å²) >= 11 is 0. The molecule has 3 rings (SSSR count). The number of carbonyl (C=O) groups is 2. The molecule has 5 heteroatoms. The molecule has 0 bridgehead atoms. The summed E-state index contributed by atoms with van der Waals surface area (Å²) in [4.78, 5) is 24.7. The Morgan fingerprint density at radius 3 is 2.73 bits per heavy atom. The number of benzene rings is 2. The lowest BCUT2D eigenvalue weighted by Gasteiger charge is -2.33. The number of nitrogens with zero attached hydrogens (tertiary/aromatic N) is 1. The van der Waals surface area contributed by atoms with Gasteiger partial charge in [0.25, 0.3) is 5.91 Å². The van der Waals surface area contributed by atoms with Crippen molar-refractivity contribution in [2.24, 2.45) is 0 Å². The lowest BCUT2D eigenvalue weighted by Crippen LogP contribution is -2.44. The van der Waals surface area contributed by atoms with E-state index in [1.807, 2.05) is 30.3 Å². The van der Waals surface area contributed by atoms with Gasteiger partial charge in [-0.05, 0) is 24.6 Å². The van der Waals surface area contributed by atoms with Crippen LogP contribution in [0, 0.1) is 0 Å². The van der Waals surface area contributed by atoms with Crippen molar-refractivity contribution in [3.05, 3.63) is 54.1 Å². The van der Waals surface area contributed by atoms with Crippen molar-refractivity contribution < 1.29 is 14.3 Å². The molecule has 22 heavy (non-hydrogen) atoms. The normalized spacial score (nSPS) is 16.7. The van der Waals surface area contributed by atoms with Gasteiger partial charge in [0.15, 0.2) is 6.10 Å². The van der Waals surface area contributed by atoms with Gasteiger partial charge in [0, 0.05) is 11.8 Å². The van der Waals surface area contributed by atoms with Crippen LogP contribution in [0.3, 0.4) is 0 Å². The molecule has 2 amide bonds. The number of ether oxygens (including phenoxy) is 1. The standard InChI is InChI=1S/C17H16N2O3/c1-12-17(21)19(10-13-5-3-2-4-6-13)15-8-7-14(18-11-20)9-16(15)22-12/h2-9,11-12H,10H2,1H3,(H,18,20). The fraction of sp³-hybridized carbons (Fsp3) is 0.176. The highest BCUT2D eigenvalue weighted by Crippen LogP contribution is 2.37. The van der Waals surface area contributed by atoms with Crippen LogP contribution in [0.1, 0.15) is 12.5 Å². The van der Waals surface area contributed by atoms with E-state index in [9.17, 15) is 9.59 Å². The quantitative estimate of drug-likeness (QED) is 0.882. The third-order valence-electron chi connectivity index (χ3n) is 3.58. The number of hydrogen-bond donors (Lipinski definition) is 1. The molecule has 2 aromatic carbocycles. The number of nitrogens with one attached hydrogen (secondary N) is 1. The van der Waals surface area contributed by atoms with E-state index in [1.165, 1.54) is 0 Å². The topological polar surface area (TPSA) is 58.6 Å². The van der Waals surface area contributed by atoms with Crippen LogP contribution >= 0.6 is 0 Å². The van der Waals surface area contributed by atoms with Crippen LogP contribution in [0.15, 0.2) is 48.5 Å². The fourth-order valence-electron chi connectivity index (χ4n) is 2.50. The molecule has 1 heterocycles. The second-order valence-electron chi connectivity index (χ2n) is 5.11. The Labute approximate surface area is 128 Å². The predicted octanol–water partition coefficient (Wildman–Crippen LogP) is 2.57. The number of hydrogen-bond acceptors (Lipinski definition) is 3. The maximum atomic E-state index is 12.4. The summed E-state index contributed by atoms with van der Waals surface area (Å²) in [6.07, 6.45) is 0.0589. The van der Waals surface area contributed by atoms with Gasteiger partial charge in [-0.2, -0.15) is 0 Å². The number of anilines is 2. The molecular formula is C17H16N2O3. The first-order valence-electron chi connectivity index (χ1n) is 7.05. The average Bonchev–Trinajstić information content (AvgIpc) is 2.53. The zero-order valence-corrected chi connectivity index (χ0v) is 12.2. The Morgan fingerprint density at radius 2 is 2.00 bits per heavy atom. The van der Waals surface area contributed by atoms with E-state index in [0.717, 1.165) is 5.56 Å². The van der Waals surface area contributed by atoms with Crippen molar-refractivity contribution in [1.82, 2.24) is 0 Å². The Morgan fingerprint density at radius 1 is 1.23 bits per heavy atom. The Bertz CT molecular complexity index is 700. The second-order valence-corrected chi connectivity index (χ2v) is 5.11. The van der Waals surface area contributed by atoms with Crippen LogP contribution in [0.25, 0.3) is 0 Å². The van der Waals surface area contributed by atoms with Crippen LogP contribution < -0.4 is 15.0 Å². The minimum Gasteiger partial charge on any atom is -0.479 e. The van der Waals surface area contributed by atoms with Gasteiger partial charge >= 0.3 is 0 Å². The minimum absolute atomic E-state index is 0.0764. The van der Waals surface area contributed by atoms with Crippen molar-refractivity contribution in [1.29, 1.82) is 0 Å². The highest BCUT2D eigenvalue weighted by molar-refractivity contribution is 6.00. The van der Waals surface area contributed by atoms with E-state index in [-0.39, 0.29) is 5.91 Å². The summed E-state index contributed by atoms with van der Waals surface area (Å²) in [5.74, 6) is 0.516. The highest BCUT2D eigenvalue weighted by atomic mass is 16.5. The molecule has 0 aliphatic carbocycles. The van der Waals surface area contributed by atoms with Gasteiger partial charge in [-0.15, -0.1) is 0 Å². The first kappa shape index (κ1) is 14.1. The highest BCUT2D eigenvalue weighted by Gasteiger charge is 2.31. The van der Waals surface area contributed by atoms with Gasteiger partial charge in [-0.1, -0.05) is 30.3 Å². The SMILES string of the molecule is CC1Oc2cc(NC=O)ccc2N(Cc2ccccc2)C1=O. The zero-order chi connectivity index (χ0) is 15.5. The minimum atomic E-state index is -0.553. The molecule has 2 aromatic rings. The lowest BCUT2D eigenvalue weighted by molar-refractivity contribution is -0.125. The first-order valence-corrected chi connectivity index (χ1v) is 7.05. The van der Waals surface area contributed by atoms with Gasteiger partial charge in [-0.3, -0.25) is 9.59 Å². The van der Waals surface area contributed by atoms with E-state index in [1.54, 1.807) is 30.0 Å². The molecule has 0 aromatic heterocycles. The predicted molar refractivity (Wildman–Crippen MR) is 83.9 cm³/mol. The summed E-state index contributed by atoms with van der Waals surface area (Å²) < 4.78 is 5.65. The molecule has 0 saturated carbocycles. The maximum Gasteiger partial charge on any atom is 0.268 e. The molecule has 5 nitrogen and oxygen atoms in total. The monoisotopic (exact) mass is 296 g/mol. The smallest absolute Gasteiger partial charge is 0.268 e. The Hall–Kier alpha value is -2.82. The van der Waals surface area contributed by atoms with Crippen molar-refractivity contribution in [2.75, 3.05) is 10.2 Å². The summed E-state index contributed by atoms with van der Waals surface area (Å²) in [5.41, 5.74) is 2.39. The Kier molecular flexibility index (Phi) is 3.78. The van der Waals surface area contributed by atoms with Gasteiger partial charge in [0.05, 0.1) is 12.2 Å². The van der Waals surface area contributed by atoms with E-state index in [0.29, 0.717) is 30.1 Å². The number of amides is 2. The third-order valence-corrected chi connectivity index (χ3v) is 3.58. The molecule has 0 saturated heterocycles. The number of rotatable bonds is 4. The Balaban J connectivity index is 1.96.